The minimum Gasteiger partial charge on any atom is -0.294 e. The lowest BCUT2D eigenvalue weighted by Gasteiger charge is -2.41. The molecule has 4 unspecified atom stereocenters. The van der Waals surface area contributed by atoms with E-state index in [9.17, 15) is 0 Å². The fourth-order valence-electron chi connectivity index (χ4n) is 4.16. The molecule has 0 aromatic heterocycles. The van der Waals surface area contributed by atoms with E-state index in [2.05, 4.69) is 18.7 Å². The second-order valence-electron chi connectivity index (χ2n) is 5.37. The van der Waals surface area contributed by atoms with E-state index in [1.54, 1.807) is 0 Å². The third-order valence-corrected chi connectivity index (χ3v) is 4.86. The molecule has 3 fully saturated rings. The van der Waals surface area contributed by atoms with Crippen molar-refractivity contribution in [2.45, 2.75) is 51.1 Å². The smallest absolute Gasteiger partial charge is 0.0213 e. The summed E-state index contributed by atoms with van der Waals surface area (Å²) in [5.74, 6) is 2.03. The van der Waals surface area contributed by atoms with E-state index >= 15 is 0 Å². The molecular weight excluding hydrogens is 146 g/mol. The lowest BCUT2D eigenvalue weighted by Crippen LogP contribution is -2.48. The third-order valence-electron chi connectivity index (χ3n) is 4.86. The van der Waals surface area contributed by atoms with Crippen molar-refractivity contribution in [3.8, 4) is 0 Å². The molecule has 68 valence electrons. The van der Waals surface area contributed by atoms with Gasteiger partial charge in [-0.2, -0.15) is 0 Å². The molecule has 2 saturated heterocycles. The van der Waals surface area contributed by atoms with Crippen LogP contribution in [0.5, 0.6) is 0 Å². The lowest BCUT2D eigenvalue weighted by atomic mass is 9.82. The summed E-state index contributed by atoms with van der Waals surface area (Å²) >= 11 is 0. The van der Waals surface area contributed by atoms with Gasteiger partial charge in [0, 0.05) is 11.6 Å². The van der Waals surface area contributed by atoms with Crippen LogP contribution in [0.3, 0.4) is 0 Å². The fourth-order valence-corrected chi connectivity index (χ4v) is 4.16. The van der Waals surface area contributed by atoms with Gasteiger partial charge in [-0.3, -0.25) is 4.90 Å². The van der Waals surface area contributed by atoms with Crippen molar-refractivity contribution in [1.82, 2.24) is 4.90 Å². The molecule has 2 bridgehead atoms. The highest BCUT2D eigenvalue weighted by molar-refractivity contribution is 5.12. The number of fused-ring (bicyclic) bond motifs is 5. The van der Waals surface area contributed by atoms with Crippen molar-refractivity contribution < 1.29 is 0 Å². The number of hydrogen-bond donors (Lipinski definition) is 0. The largest absolute Gasteiger partial charge is 0.294 e. The first-order chi connectivity index (χ1) is 5.72. The maximum absolute atomic E-state index is 2.83. The van der Waals surface area contributed by atoms with Crippen molar-refractivity contribution in [2.24, 2.45) is 11.8 Å². The van der Waals surface area contributed by atoms with Gasteiger partial charge in [0.1, 0.15) is 0 Å². The first-order valence-corrected chi connectivity index (χ1v) is 5.48. The van der Waals surface area contributed by atoms with E-state index in [1.165, 1.54) is 32.2 Å². The van der Waals surface area contributed by atoms with Gasteiger partial charge in [0.2, 0.25) is 0 Å². The SMILES string of the molecule is CC1CC2CC1N1CCCC21C. The van der Waals surface area contributed by atoms with Crippen molar-refractivity contribution in [3.63, 3.8) is 0 Å². The third kappa shape index (κ3) is 0.654. The summed E-state index contributed by atoms with van der Waals surface area (Å²) < 4.78 is 0. The Balaban J connectivity index is 1.97. The second kappa shape index (κ2) is 2.06. The summed E-state index contributed by atoms with van der Waals surface area (Å²) in [6.45, 7) is 6.35. The van der Waals surface area contributed by atoms with Gasteiger partial charge in [-0.05, 0) is 51.0 Å². The monoisotopic (exact) mass is 165 g/mol. The average molecular weight is 165 g/mol. The van der Waals surface area contributed by atoms with Gasteiger partial charge in [-0.1, -0.05) is 6.92 Å². The Labute approximate surface area is 75.1 Å². The lowest BCUT2D eigenvalue weighted by molar-refractivity contribution is 0.0687. The summed E-state index contributed by atoms with van der Waals surface area (Å²) in [6, 6.07) is 0.961. The number of hydrogen-bond acceptors (Lipinski definition) is 1. The Hall–Kier alpha value is -0.0400. The zero-order valence-electron chi connectivity index (χ0n) is 8.21. The topological polar surface area (TPSA) is 3.24 Å². The van der Waals surface area contributed by atoms with Gasteiger partial charge in [0.25, 0.3) is 0 Å². The van der Waals surface area contributed by atoms with Crippen LogP contribution in [0.4, 0.5) is 0 Å². The molecule has 3 rings (SSSR count). The Morgan fingerprint density at radius 3 is 3.00 bits per heavy atom. The Morgan fingerprint density at radius 2 is 2.17 bits per heavy atom. The summed E-state index contributed by atoms with van der Waals surface area (Å²) in [6.07, 6.45) is 5.95. The second-order valence-corrected chi connectivity index (χ2v) is 5.37. The van der Waals surface area contributed by atoms with Gasteiger partial charge < -0.3 is 0 Å². The quantitative estimate of drug-likeness (QED) is 0.532. The Morgan fingerprint density at radius 1 is 1.33 bits per heavy atom. The minimum absolute atomic E-state index is 0.636. The number of nitrogens with zero attached hydrogens (tertiary/aromatic N) is 1. The zero-order valence-corrected chi connectivity index (χ0v) is 8.21. The molecule has 1 saturated carbocycles. The summed E-state index contributed by atoms with van der Waals surface area (Å²) in [5.41, 5.74) is 0.636. The molecule has 0 amide bonds. The van der Waals surface area contributed by atoms with Gasteiger partial charge >= 0.3 is 0 Å². The van der Waals surface area contributed by atoms with Crippen molar-refractivity contribution in [3.05, 3.63) is 0 Å². The molecule has 0 radical (unpaired) electrons. The van der Waals surface area contributed by atoms with Crippen LogP contribution >= 0.6 is 0 Å². The molecule has 3 aliphatic rings. The standard InChI is InChI=1S/C11H19N/c1-8-6-9-7-10(8)12-5-3-4-11(9,12)2/h8-10H,3-7H2,1-2H3. The van der Waals surface area contributed by atoms with E-state index < -0.39 is 0 Å². The van der Waals surface area contributed by atoms with Crippen LogP contribution < -0.4 is 0 Å². The maximum Gasteiger partial charge on any atom is 0.0213 e. The van der Waals surface area contributed by atoms with Crippen LogP contribution in [0.15, 0.2) is 0 Å². The van der Waals surface area contributed by atoms with E-state index in [0.717, 1.165) is 17.9 Å². The van der Waals surface area contributed by atoms with Gasteiger partial charge in [-0.15, -0.1) is 0 Å². The first-order valence-electron chi connectivity index (χ1n) is 5.48. The molecule has 12 heavy (non-hydrogen) atoms. The minimum atomic E-state index is 0.636. The molecule has 0 aromatic rings. The summed E-state index contributed by atoms with van der Waals surface area (Å²) in [5, 5.41) is 0. The zero-order chi connectivity index (χ0) is 8.34. The van der Waals surface area contributed by atoms with Crippen LogP contribution in [-0.4, -0.2) is 23.0 Å². The molecule has 2 heterocycles. The predicted octanol–water partition coefficient (Wildman–Crippen LogP) is 2.27. The highest BCUT2D eigenvalue weighted by atomic mass is 15.3. The van der Waals surface area contributed by atoms with Crippen LogP contribution in [-0.2, 0) is 0 Å². The van der Waals surface area contributed by atoms with Crippen LogP contribution in [0.2, 0.25) is 0 Å². The predicted molar refractivity (Wildman–Crippen MR) is 50.0 cm³/mol. The average Bonchev–Trinajstić information content (AvgIpc) is 2.58. The summed E-state index contributed by atoms with van der Waals surface area (Å²) in [7, 11) is 0. The molecule has 0 spiro atoms. The van der Waals surface area contributed by atoms with Crippen LogP contribution in [0.1, 0.15) is 39.5 Å². The molecule has 2 aliphatic heterocycles. The van der Waals surface area contributed by atoms with E-state index in [-0.39, 0.29) is 0 Å². The fraction of sp³-hybridized carbons (Fsp3) is 1.00. The molecule has 1 heteroatoms. The Kier molecular flexibility index (Phi) is 1.27. The van der Waals surface area contributed by atoms with Gasteiger partial charge in [0.05, 0.1) is 0 Å². The normalized spacial score (nSPS) is 58.0. The highest BCUT2D eigenvalue weighted by Gasteiger charge is 2.57. The Bertz CT molecular complexity index is 213. The molecular formula is C11H19N. The molecule has 1 aliphatic carbocycles. The molecule has 1 nitrogen and oxygen atoms in total. The highest BCUT2D eigenvalue weighted by Crippen LogP contribution is 2.55. The van der Waals surface area contributed by atoms with Crippen molar-refractivity contribution in [1.29, 1.82) is 0 Å². The van der Waals surface area contributed by atoms with Gasteiger partial charge in [-0.25, -0.2) is 0 Å². The van der Waals surface area contributed by atoms with Gasteiger partial charge in [0.15, 0.2) is 0 Å². The maximum atomic E-state index is 2.83. The molecule has 0 aromatic carbocycles. The van der Waals surface area contributed by atoms with E-state index in [4.69, 9.17) is 0 Å². The van der Waals surface area contributed by atoms with Crippen molar-refractivity contribution >= 4 is 0 Å². The van der Waals surface area contributed by atoms with E-state index in [0.29, 0.717) is 5.54 Å². The van der Waals surface area contributed by atoms with E-state index in [1.807, 2.05) is 0 Å². The molecule has 4 atom stereocenters. The first kappa shape index (κ1) is 7.37. The van der Waals surface area contributed by atoms with Crippen LogP contribution in [0, 0.1) is 11.8 Å². The number of piperidine rings is 1. The van der Waals surface area contributed by atoms with Crippen molar-refractivity contribution in [2.75, 3.05) is 6.54 Å². The number of rotatable bonds is 0. The molecule has 0 N–H and O–H groups in total. The van der Waals surface area contributed by atoms with Crippen LogP contribution in [0.25, 0.3) is 0 Å². The summed E-state index contributed by atoms with van der Waals surface area (Å²) in [4.78, 5) is 2.83.